The standard InChI is InChI=1S/C18H21N3O2S/c1-2-21-14-17(13-19-21)18-15-24(22,23)12-11-20(18)10-6-9-16-7-4-3-5-8-16/h3-5,7-8,13-14,18H,2,10-12,15H2,1H3/t18-/m1/s1. The zero-order valence-corrected chi connectivity index (χ0v) is 14.5. The van der Waals surface area contributed by atoms with Gasteiger partial charge in [-0.1, -0.05) is 30.0 Å². The van der Waals surface area contributed by atoms with E-state index in [0.717, 1.165) is 17.7 Å². The average molecular weight is 343 g/mol. The van der Waals surface area contributed by atoms with E-state index in [-0.39, 0.29) is 17.5 Å². The summed E-state index contributed by atoms with van der Waals surface area (Å²) in [5.41, 5.74) is 1.92. The first kappa shape index (κ1) is 16.7. The van der Waals surface area contributed by atoms with Crippen LogP contribution < -0.4 is 0 Å². The zero-order valence-electron chi connectivity index (χ0n) is 13.7. The van der Waals surface area contributed by atoms with E-state index in [4.69, 9.17) is 0 Å². The number of aromatic nitrogens is 2. The van der Waals surface area contributed by atoms with Crippen LogP contribution >= 0.6 is 0 Å². The van der Waals surface area contributed by atoms with E-state index in [9.17, 15) is 8.42 Å². The van der Waals surface area contributed by atoms with Gasteiger partial charge in [-0.05, 0) is 19.1 Å². The van der Waals surface area contributed by atoms with Gasteiger partial charge < -0.3 is 0 Å². The van der Waals surface area contributed by atoms with Crippen LogP contribution in [0.4, 0.5) is 0 Å². The van der Waals surface area contributed by atoms with E-state index >= 15 is 0 Å². The molecule has 2 heterocycles. The van der Waals surface area contributed by atoms with Gasteiger partial charge in [-0.2, -0.15) is 5.10 Å². The maximum absolute atomic E-state index is 12.1. The van der Waals surface area contributed by atoms with Gasteiger partial charge in [0.05, 0.1) is 30.3 Å². The summed E-state index contributed by atoms with van der Waals surface area (Å²) < 4.78 is 25.9. The molecule has 1 aromatic heterocycles. The van der Waals surface area contributed by atoms with Crippen molar-refractivity contribution >= 4 is 9.84 Å². The lowest BCUT2D eigenvalue weighted by Crippen LogP contribution is -2.43. The molecule has 1 aromatic carbocycles. The molecule has 24 heavy (non-hydrogen) atoms. The van der Waals surface area contributed by atoms with Crippen LogP contribution in [0.5, 0.6) is 0 Å². The molecule has 0 aliphatic carbocycles. The van der Waals surface area contributed by atoms with Crippen molar-refractivity contribution in [2.24, 2.45) is 0 Å². The van der Waals surface area contributed by atoms with Crippen molar-refractivity contribution in [2.75, 3.05) is 24.6 Å². The molecule has 0 amide bonds. The maximum atomic E-state index is 12.1. The first-order valence-electron chi connectivity index (χ1n) is 8.08. The third kappa shape index (κ3) is 4.05. The van der Waals surface area contributed by atoms with Gasteiger partial charge >= 0.3 is 0 Å². The van der Waals surface area contributed by atoms with Crippen LogP contribution in [0.1, 0.15) is 24.1 Å². The molecule has 1 saturated heterocycles. The molecule has 126 valence electrons. The van der Waals surface area contributed by atoms with Gasteiger partial charge in [0, 0.05) is 30.4 Å². The summed E-state index contributed by atoms with van der Waals surface area (Å²) in [6.45, 7) is 3.84. The Hall–Kier alpha value is -2.10. The zero-order chi connectivity index (χ0) is 17.0. The summed E-state index contributed by atoms with van der Waals surface area (Å²) in [6, 6.07) is 9.64. The van der Waals surface area contributed by atoms with Crippen molar-refractivity contribution in [1.82, 2.24) is 14.7 Å². The molecule has 5 nitrogen and oxygen atoms in total. The van der Waals surface area contributed by atoms with Crippen LogP contribution in [-0.4, -0.2) is 47.7 Å². The van der Waals surface area contributed by atoms with Crippen molar-refractivity contribution in [3.05, 3.63) is 53.9 Å². The molecule has 0 N–H and O–H groups in total. The maximum Gasteiger partial charge on any atom is 0.153 e. The molecule has 1 atom stereocenters. The lowest BCUT2D eigenvalue weighted by molar-refractivity contribution is 0.242. The average Bonchev–Trinajstić information content (AvgIpc) is 3.06. The number of rotatable bonds is 3. The van der Waals surface area contributed by atoms with Crippen molar-refractivity contribution in [1.29, 1.82) is 0 Å². The molecule has 1 fully saturated rings. The highest BCUT2D eigenvalue weighted by Gasteiger charge is 2.32. The van der Waals surface area contributed by atoms with E-state index < -0.39 is 9.84 Å². The lowest BCUT2D eigenvalue weighted by atomic mass is 10.1. The molecule has 3 rings (SSSR count). The second kappa shape index (κ2) is 7.20. The van der Waals surface area contributed by atoms with Crippen LogP contribution in [0.2, 0.25) is 0 Å². The number of hydrogen-bond donors (Lipinski definition) is 0. The van der Waals surface area contributed by atoms with Gasteiger partial charge in [0.25, 0.3) is 0 Å². The fraction of sp³-hybridized carbons (Fsp3) is 0.389. The van der Waals surface area contributed by atoms with E-state index in [2.05, 4.69) is 21.8 Å². The summed E-state index contributed by atoms with van der Waals surface area (Å²) in [7, 11) is -3.01. The molecule has 1 aliphatic heterocycles. The van der Waals surface area contributed by atoms with E-state index in [0.29, 0.717) is 13.1 Å². The van der Waals surface area contributed by atoms with Crippen LogP contribution in [-0.2, 0) is 16.4 Å². The summed E-state index contributed by atoms with van der Waals surface area (Å²) in [6.07, 6.45) is 3.70. The van der Waals surface area contributed by atoms with Crippen molar-refractivity contribution in [2.45, 2.75) is 19.5 Å². The van der Waals surface area contributed by atoms with Gasteiger partial charge in [0.2, 0.25) is 0 Å². The van der Waals surface area contributed by atoms with Crippen molar-refractivity contribution < 1.29 is 8.42 Å². The van der Waals surface area contributed by atoms with E-state index in [1.54, 1.807) is 6.20 Å². The minimum Gasteiger partial charge on any atom is -0.283 e. The quantitative estimate of drug-likeness (QED) is 0.797. The second-order valence-corrected chi connectivity index (χ2v) is 8.13. The molecular formula is C18H21N3O2S. The third-order valence-electron chi connectivity index (χ3n) is 4.19. The summed E-state index contributed by atoms with van der Waals surface area (Å²) in [4.78, 5) is 2.13. The third-order valence-corrected chi connectivity index (χ3v) is 5.82. The Morgan fingerprint density at radius 1 is 1.29 bits per heavy atom. The molecule has 0 spiro atoms. The highest BCUT2D eigenvalue weighted by atomic mass is 32.2. The highest BCUT2D eigenvalue weighted by Crippen LogP contribution is 2.26. The van der Waals surface area contributed by atoms with Gasteiger partial charge in [-0.3, -0.25) is 9.58 Å². The fourth-order valence-electron chi connectivity index (χ4n) is 2.83. The minimum atomic E-state index is -3.01. The monoisotopic (exact) mass is 343 g/mol. The Bertz CT molecular complexity index is 847. The summed E-state index contributed by atoms with van der Waals surface area (Å²) in [5.74, 6) is 6.64. The molecular weight excluding hydrogens is 322 g/mol. The van der Waals surface area contributed by atoms with E-state index in [1.165, 1.54) is 0 Å². The minimum absolute atomic E-state index is 0.134. The first-order chi connectivity index (χ1) is 11.6. The fourth-order valence-corrected chi connectivity index (χ4v) is 4.39. The Balaban J connectivity index is 1.78. The molecule has 0 bridgehead atoms. The largest absolute Gasteiger partial charge is 0.283 e. The Kier molecular flexibility index (Phi) is 5.03. The predicted octanol–water partition coefficient (Wildman–Crippen LogP) is 1.73. The van der Waals surface area contributed by atoms with Crippen molar-refractivity contribution in [3.63, 3.8) is 0 Å². The van der Waals surface area contributed by atoms with Crippen molar-refractivity contribution in [3.8, 4) is 11.8 Å². The van der Waals surface area contributed by atoms with E-state index in [1.807, 2.05) is 48.1 Å². The first-order valence-corrected chi connectivity index (χ1v) is 9.90. The summed E-state index contributed by atoms with van der Waals surface area (Å²) in [5, 5.41) is 4.28. The van der Waals surface area contributed by atoms with Crippen LogP contribution in [0.3, 0.4) is 0 Å². The van der Waals surface area contributed by atoms with Gasteiger partial charge in [0.15, 0.2) is 9.84 Å². The van der Waals surface area contributed by atoms with Gasteiger partial charge in [-0.25, -0.2) is 8.42 Å². The van der Waals surface area contributed by atoms with Crippen LogP contribution in [0.25, 0.3) is 0 Å². The highest BCUT2D eigenvalue weighted by molar-refractivity contribution is 7.91. The summed E-state index contributed by atoms with van der Waals surface area (Å²) >= 11 is 0. The molecule has 6 heteroatoms. The number of aryl methyl sites for hydroxylation is 1. The Morgan fingerprint density at radius 2 is 2.08 bits per heavy atom. The smallest absolute Gasteiger partial charge is 0.153 e. The van der Waals surface area contributed by atoms with Crippen LogP contribution in [0, 0.1) is 11.8 Å². The predicted molar refractivity (Wildman–Crippen MR) is 94.2 cm³/mol. The van der Waals surface area contributed by atoms with Gasteiger partial charge in [-0.15, -0.1) is 0 Å². The number of hydrogen-bond acceptors (Lipinski definition) is 4. The second-order valence-electron chi connectivity index (χ2n) is 5.90. The molecule has 0 radical (unpaired) electrons. The Labute approximate surface area is 143 Å². The van der Waals surface area contributed by atoms with Crippen LogP contribution in [0.15, 0.2) is 42.7 Å². The number of nitrogens with zero attached hydrogens (tertiary/aromatic N) is 3. The lowest BCUT2D eigenvalue weighted by Gasteiger charge is -2.33. The number of sulfone groups is 1. The number of benzene rings is 1. The van der Waals surface area contributed by atoms with Gasteiger partial charge in [0.1, 0.15) is 0 Å². The molecule has 0 unspecified atom stereocenters. The normalized spacial score (nSPS) is 20.3. The SMILES string of the molecule is CCn1cc([C@H]2CS(=O)(=O)CCN2CC#Cc2ccccc2)cn1. The molecule has 2 aromatic rings. The Morgan fingerprint density at radius 3 is 2.79 bits per heavy atom. The molecule has 0 saturated carbocycles. The molecule has 1 aliphatic rings. The topological polar surface area (TPSA) is 55.2 Å².